The normalized spacial score (nSPS) is 33.3. The first-order valence-electron chi connectivity index (χ1n) is 12.5. The summed E-state index contributed by atoms with van der Waals surface area (Å²) in [4.78, 5) is 30.1. The van der Waals surface area contributed by atoms with Gasteiger partial charge in [-0.2, -0.15) is 0 Å². The molecule has 1 unspecified atom stereocenters. The van der Waals surface area contributed by atoms with Gasteiger partial charge in [-0.3, -0.25) is 14.5 Å². The topological polar surface area (TPSA) is 81.7 Å². The van der Waals surface area contributed by atoms with Crippen LogP contribution in [0.1, 0.15) is 57.6 Å². The summed E-state index contributed by atoms with van der Waals surface area (Å²) in [7, 11) is 1.82. The van der Waals surface area contributed by atoms with Crippen LogP contribution in [-0.4, -0.2) is 52.6 Å². The molecular formula is C28H32Cl2FN3O3. The lowest BCUT2D eigenvalue weighted by molar-refractivity contribution is -0.130. The minimum atomic E-state index is -1.30. The van der Waals surface area contributed by atoms with E-state index in [4.69, 9.17) is 23.2 Å². The van der Waals surface area contributed by atoms with E-state index in [1.165, 1.54) is 6.07 Å². The van der Waals surface area contributed by atoms with Crippen molar-refractivity contribution in [3.8, 4) is 0 Å². The average Bonchev–Trinajstić information content (AvgIpc) is 3.19. The Kier molecular flexibility index (Phi) is 6.19. The molecule has 1 spiro atoms. The fourth-order valence-electron chi connectivity index (χ4n) is 7.24. The minimum absolute atomic E-state index is 0.0709. The smallest absolute Gasteiger partial charge is 0.238 e. The van der Waals surface area contributed by atoms with Crippen LogP contribution in [0.5, 0.6) is 0 Å². The number of hydrogen-bond donors (Lipinski definition) is 3. The Balaban J connectivity index is 1.75. The maximum Gasteiger partial charge on any atom is 0.238 e. The van der Waals surface area contributed by atoms with E-state index in [1.54, 1.807) is 37.3 Å². The molecule has 37 heavy (non-hydrogen) atoms. The van der Waals surface area contributed by atoms with Crippen molar-refractivity contribution in [1.82, 2.24) is 10.2 Å². The Morgan fingerprint density at radius 3 is 2.51 bits per heavy atom. The molecule has 3 aliphatic rings. The van der Waals surface area contributed by atoms with Crippen LogP contribution in [0, 0.1) is 11.2 Å². The molecule has 0 aromatic heterocycles. The highest BCUT2D eigenvalue weighted by molar-refractivity contribution is 6.31. The van der Waals surface area contributed by atoms with E-state index < -0.39 is 40.2 Å². The van der Waals surface area contributed by atoms with Crippen LogP contribution in [0.15, 0.2) is 36.4 Å². The van der Waals surface area contributed by atoms with Crippen molar-refractivity contribution in [2.24, 2.45) is 5.41 Å². The summed E-state index contributed by atoms with van der Waals surface area (Å²) in [6, 6.07) is 8.38. The molecule has 198 valence electrons. The Bertz CT molecular complexity index is 1290. The molecule has 0 radical (unpaired) electrons. The van der Waals surface area contributed by atoms with Crippen LogP contribution in [0.4, 0.5) is 10.1 Å². The summed E-state index contributed by atoms with van der Waals surface area (Å²) in [5, 5.41) is 16.6. The van der Waals surface area contributed by atoms with Crippen molar-refractivity contribution < 1.29 is 19.1 Å². The van der Waals surface area contributed by atoms with E-state index >= 15 is 4.39 Å². The number of fused-ring (bicyclic) bond motifs is 2. The molecule has 9 heteroatoms. The van der Waals surface area contributed by atoms with Gasteiger partial charge in [0.1, 0.15) is 11.2 Å². The van der Waals surface area contributed by atoms with Gasteiger partial charge in [0.15, 0.2) is 0 Å². The number of nitrogens with zero attached hydrogens (tertiary/aromatic N) is 1. The molecule has 6 nitrogen and oxygen atoms in total. The lowest BCUT2D eigenvalue weighted by Gasteiger charge is -2.43. The van der Waals surface area contributed by atoms with Crippen LogP contribution in [0.25, 0.3) is 0 Å². The number of rotatable bonds is 3. The second-order valence-corrected chi connectivity index (χ2v) is 13.0. The number of hydrogen-bond acceptors (Lipinski definition) is 4. The number of aliphatic hydroxyl groups is 1. The number of amides is 2. The van der Waals surface area contributed by atoms with Crippen molar-refractivity contribution in [2.45, 2.75) is 75.6 Å². The molecule has 0 bridgehead atoms. The molecule has 5 rings (SSSR count). The van der Waals surface area contributed by atoms with Gasteiger partial charge in [-0.25, -0.2) is 4.39 Å². The largest absolute Gasteiger partial charge is 0.390 e. The third-order valence-electron chi connectivity index (χ3n) is 8.26. The van der Waals surface area contributed by atoms with Crippen LogP contribution >= 0.6 is 23.2 Å². The molecule has 4 atom stereocenters. The predicted molar refractivity (Wildman–Crippen MR) is 142 cm³/mol. The van der Waals surface area contributed by atoms with Gasteiger partial charge in [0.2, 0.25) is 11.8 Å². The molecule has 3 N–H and O–H groups in total. The molecule has 2 amide bonds. The van der Waals surface area contributed by atoms with E-state index in [1.807, 2.05) is 32.7 Å². The highest BCUT2D eigenvalue weighted by Gasteiger charge is 2.70. The average molecular weight is 548 g/mol. The first-order chi connectivity index (χ1) is 17.2. The molecule has 2 fully saturated rings. The first-order valence-corrected chi connectivity index (χ1v) is 13.2. The summed E-state index contributed by atoms with van der Waals surface area (Å²) in [5.41, 5.74) is -1.16. The van der Waals surface area contributed by atoms with Gasteiger partial charge >= 0.3 is 0 Å². The SMILES string of the molecule is CN1[C@@H](C(=O)NC2CC(C)(O)C2)[C@H](c2cccc(Cl)c2F)C2(C(=O)Nc3cc(Cl)ccc32)[C@@H]1C(C)(C)C. The molecule has 1 saturated carbocycles. The summed E-state index contributed by atoms with van der Waals surface area (Å²) >= 11 is 12.5. The number of anilines is 1. The number of benzene rings is 2. The first kappa shape index (κ1) is 26.4. The molecule has 1 saturated heterocycles. The highest BCUT2D eigenvalue weighted by atomic mass is 35.5. The van der Waals surface area contributed by atoms with Gasteiger partial charge < -0.3 is 15.7 Å². The Labute approximate surface area is 226 Å². The zero-order valence-electron chi connectivity index (χ0n) is 21.5. The van der Waals surface area contributed by atoms with Gasteiger partial charge in [0.05, 0.1) is 16.7 Å². The van der Waals surface area contributed by atoms with Crippen molar-refractivity contribution in [3.63, 3.8) is 0 Å². The fraction of sp³-hybridized carbons (Fsp3) is 0.500. The van der Waals surface area contributed by atoms with Gasteiger partial charge in [0, 0.05) is 28.7 Å². The number of carbonyl (C=O) groups is 2. The summed E-state index contributed by atoms with van der Waals surface area (Å²) in [6.07, 6.45) is 0.863. The van der Waals surface area contributed by atoms with Gasteiger partial charge in [0.25, 0.3) is 0 Å². The molecule has 2 aliphatic heterocycles. The number of nitrogens with one attached hydrogen (secondary N) is 2. The third kappa shape index (κ3) is 3.97. The zero-order valence-corrected chi connectivity index (χ0v) is 23.0. The quantitative estimate of drug-likeness (QED) is 0.512. The van der Waals surface area contributed by atoms with Crippen molar-refractivity contribution in [1.29, 1.82) is 0 Å². The highest BCUT2D eigenvalue weighted by Crippen LogP contribution is 2.61. The monoisotopic (exact) mass is 547 g/mol. The number of carbonyl (C=O) groups excluding carboxylic acids is 2. The summed E-state index contributed by atoms with van der Waals surface area (Å²) < 4.78 is 15.8. The Morgan fingerprint density at radius 2 is 1.89 bits per heavy atom. The summed E-state index contributed by atoms with van der Waals surface area (Å²) in [6.45, 7) is 7.79. The number of likely N-dealkylation sites (tertiary alicyclic amines) is 1. The van der Waals surface area contributed by atoms with Crippen molar-refractivity contribution in [3.05, 3.63) is 63.4 Å². The Morgan fingerprint density at radius 1 is 1.22 bits per heavy atom. The molecule has 2 aromatic carbocycles. The lowest BCUT2D eigenvalue weighted by Crippen LogP contribution is -2.57. The molecule has 1 aliphatic carbocycles. The second-order valence-electron chi connectivity index (χ2n) is 12.1. The van der Waals surface area contributed by atoms with Crippen LogP contribution in [0.2, 0.25) is 10.0 Å². The van der Waals surface area contributed by atoms with Crippen LogP contribution in [-0.2, 0) is 15.0 Å². The molecular weight excluding hydrogens is 516 g/mol. The van der Waals surface area contributed by atoms with Crippen molar-refractivity contribution >= 4 is 40.7 Å². The minimum Gasteiger partial charge on any atom is -0.390 e. The van der Waals surface area contributed by atoms with Crippen molar-refractivity contribution in [2.75, 3.05) is 12.4 Å². The van der Waals surface area contributed by atoms with Gasteiger partial charge in [-0.05, 0) is 61.6 Å². The maximum atomic E-state index is 15.8. The second kappa shape index (κ2) is 8.67. The predicted octanol–water partition coefficient (Wildman–Crippen LogP) is 4.86. The summed E-state index contributed by atoms with van der Waals surface area (Å²) in [5.74, 6) is -2.14. The van der Waals surface area contributed by atoms with Crippen LogP contribution < -0.4 is 10.6 Å². The zero-order chi connectivity index (χ0) is 27.1. The lowest BCUT2D eigenvalue weighted by atomic mass is 9.59. The number of likely N-dealkylation sites (N-methyl/N-ethyl adjacent to an activating group) is 1. The fourth-order valence-corrected chi connectivity index (χ4v) is 7.60. The van der Waals surface area contributed by atoms with E-state index in [0.29, 0.717) is 29.1 Å². The van der Waals surface area contributed by atoms with E-state index in [9.17, 15) is 14.7 Å². The molecule has 2 heterocycles. The standard InChI is InChI=1S/C28H32Cl2FN3O3/c1-26(2,3)24-28(17-10-9-14(29)11-19(17)33-25(28)36)20(16-7-6-8-18(30)21(16)31)22(34(24)5)23(35)32-15-12-27(4,37)13-15/h6-11,15,20,22,24,37H,12-13H2,1-5H3,(H,32,35)(H,33,36)/t15?,20-,22+,24-,27?,28?/m0/s1. The van der Waals surface area contributed by atoms with E-state index in [0.717, 1.165) is 0 Å². The molecule has 2 aromatic rings. The van der Waals surface area contributed by atoms with Crippen LogP contribution in [0.3, 0.4) is 0 Å². The Hall–Kier alpha value is -2.19. The third-order valence-corrected chi connectivity index (χ3v) is 8.79. The maximum absolute atomic E-state index is 15.8. The van der Waals surface area contributed by atoms with E-state index in [-0.39, 0.29) is 28.4 Å². The van der Waals surface area contributed by atoms with Gasteiger partial charge in [-0.1, -0.05) is 62.2 Å². The number of halogens is 3. The van der Waals surface area contributed by atoms with E-state index in [2.05, 4.69) is 10.6 Å². The van der Waals surface area contributed by atoms with Gasteiger partial charge in [-0.15, -0.1) is 0 Å².